The predicted octanol–water partition coefficient (Wildman–Crippen LogP) is 1.29. The number of carbonyl (C=O) groups excluding carboxylic acids is 1. The molecule has 0 radical (unpaired) electrons. The Balaban J connectivity index is 2.59. The van der Waals surface area contributed by atoms with Crippen LogP contribution in [0.3, 0.4) is 0 Å². The van der Waals surface area contributed by atoms with Gasteiger partial charge >= 0.3 is 0 Å². The Morgan fingerprint density at radius 1 is 1.55 bits per heavy atom. The number of ether oxygens (including phenoxy) is 1. The van der Waals surface area contributed by atoms with E-state index in [1.54, 1.807) is 25.1 Å². The van der Waals surface area contributed by atoms with Gasteiger partial charge in [-0.05, 0) is 18.6 Å². The number of likely N-dealkylation sites (N-methyl/N-ethyl adjacent to an activating group) is 1. The average molecular weight is 279 g/mol. The fourth-order valence-electron chi connectivity index (χ4n) is 1.74. The topological polar surface area (TPSA) is 65.4 Å². The molecule has 108 valence electrons. The molecule has 0 atom stereocenters. The Morgan fingerprint density at radius 2 is 2.30 bits per heavy atom. The minimum atomic E-state index is -0.586. The van der Waals surface area contributed by atoms with E-state index in [2.05, 4.69) is 5.32 Å². The number of anilines is 1. The first-order valence-electron chi connectivity index (χ1n) is 6.25. The first kappa shape index (κ1) is 15.9. The van der Waals surface area contributed by atoms with Gasteiger partial charge in [-0.1, -0.05) is 6.07 Å². The summed E-state index contributed by atoms with van der Waals surface area (Å²) >= 11 is 0. The molecule has 0 aliphatic carbocycles. The number of amides is 1. The second-order valence-electron chi connectivity index (χ2n) is 4.30. The molecule has 20 heavy (non-hydrogen) atoms. The highest BCUT2D eigenvalue weighted by Gasteiger charge is 2.13. The van der Waals surface area contributed by atoms with Crippen molar-refractivity contribution < 1.29 is 13.9 Å². The summed E-state index contributed by atoms with van der Waals surface area (Å²) in [7, 11) is 3.24. The largest absolute Gasteiger partial charge is 0.385 e. The number of carbonyl (C=O) groups is 1. The fourth-order valence-corrected chi connectivity index (χ4v) is 1.74. The van der Waals surface area contributed by atoms with Crippen LogP contribution < -0.4 is 10.2 Å². The predicted molar refractivity (Wildman–Crippen MR) is 73.9 cm³/mol. The maximum absolute atomic E-state index is 13.5. The van der Waals surface area contributed by atoms with Crippen LogP contribution in [0.25, 0.3) is 0 Å². The lowest BCUT2D eigenvalue weighted by molar-refractivity contribution is -0.119. The Labute approximate surface area is 117 Å². The van der Waals surface area contributed by atoms with E-state index in [0.29, 0.717) is 18.8 Å². The SMILES string of the molecule is COCCCNC(=O)CN(C)c1cccc(F)c1C#N. The van der Waals surface area contributed by atoms with Crippen molar-refractivity contribution in [3.63, 3.8) is 0 Å². The molecule has 0 saturated heterocycles. The number of methoxy groups -OCH3 is 1. The molecular formula is C14H18FN3O2. The summed E-state index contributed by atoms with van der Waals surface area (Å²) in [6.07, 6.45) is 0.732. The Morgan fingerprint density at radius 3 is 2.95 bits per heavy atom. The van der Waals surface area contributed by atoms with Crippen molar-refractivity contribution >= 4 is 11.6 Å². The number of nitriles is 1. The average Bonchev–Trinajstić information content (AvgIpc) is 2.43. The highest BCUT2D eigenvalue weighted by molar-refractivity contribution is 5.81. The van der Waals surface area contributed by atoms with Crippen molar-refractivity contribution in [3.8, 4) is 6.07 Å². The van der Waals surface area contributed by atoms with Crippen LogP contribution in [-0.2, 0) is 9.53 Å². The van der Waals surface area contributed by atoms with E-state index in [0.717, 1.165) is 6.42 Å². The van der Waals surface area contributed by atoms with E-state index in [9.17, 15) is 9.18 Å². The van der Waals surface area contributed by atoms with E-state index in [1.807, 2.05) is 6.07 Å². The highest BCUT2D eigenvalue weighted by atomic mass is 19.1. The Bertz CT molecular complexity index is 500. The standard InChI is InChI=1S/C14H18FN3O2/c1-18(10-14(19)17-7-4-8-20-2)13-6-3-5-12(15)11(13)9-16/h3,5-6H,4,7-8,10H2,1-2H3,(H,17,19). The number of benzene rings is 1. The fraction of sp³-hybridized carbons (Fsp3) is 0.429. The van der Waals surface area contributed by atoms with Gasteiger partial charge in [0.25, 0.3) is 0 Å². The first-order chi connectivity index (χ1) is 9.60. The molecule has 1 aromatic carbocycles. The number of nitrogens with one attached hydrogen (secondary N) is 1. The summed E-state index contributed by atoms with van der Waals surface area (Å²) < 4.78 is 18.4. The minimum Gasteiger partial charge on any atom is -0.385 e. The summed E-state index contributed by atoms with van der Waals surface area (Å²) in [6, 6.07) is 6.16. The molecule has 0 aromatic heterocycles. The lowest BCUT2D eigenvalue weighted by Gasteiger charge is -2.20. The molecule has 0 saturated carbocycles. The highest BCUT2D eigenvalue weighted by Crippen LogP contribution is 2.20. The van der Waals surface area contributed by atoms with Gasteiger partial charge in [-0.15, -0.1) is 0 Å². The van der Waals surface area contributed by atoms with E-state index >= 15 is 0 Å². The third kappa shape index (κ3) is 4.52. The Hall–Kier alpha value is -2.13. The summed E-state index contributed by atoms with van der Waals surface area (Å²) in [6.45, 7) is 1.17. The molecule has 1 amide bonds. The van der Waals surface area contributed by atoms with Crippen LogP contribution in [-0.4, -0.2) is 39.8 Å². The molecule has 0 bridgehead atoms. The van der Waals surface area contributed by atoms with Crippen LogP contribution in [0.1, 0.15) is 12.0 Å². The van der Waals surface area contributed by atoms with Crippen molar-refractivity contribution in [2.75, 3.05) is 38.8 Å². The molecule has 0 spiro atoms. The second kappa shape index (κ2) is 8.12. The molecule has 1 N–H and O–H groups in total. The summed E-state index contributed by atoms with van der Waals surface area (Å²) in [5.74, 6) is -0.769. The molecule has 0 fully saturated rings. The van der Waals surface area contributed by atoms with Gasteiger partial charge in [-0.25, -0.2) is 4.39 Å². The van der Waals surface area contributed by atoms with E-state index in [1.165, 1.54) is 12.1 Å². The zero-order chi connectivity index (χ0) is 15.0. The van der Waals surface area contributed by atoms with Crippen LogP contribution >= 0.6 is 0 Å². The molecule has 5 nitrogen and oxygen atoms in total. The first-order valence-corrected chi connectivity index (χ1v) is 6.25. The van der Waals surface area contributed by atoms with Crippen LogP contribution in [0.15, 0.2) is 18.2 Å². The van der Waals surface area contributed by atoms with Gasteiger partial charge in [0.1, 0.15) is 17.4 Å². The quantitative estimate of drug-likeness (QED) is 0.764. The molecule has 6 heteroatoms. The van der Waals surface area contributed by atoms with E-state index in [-0.39, 0.29) is 18.0 Å². The number of halogens is 1. The summed E-state index contributed by atoms with van der Waals surface area (Å²) in [5.41, 5.74) is 0.349. The minimum absolute atomic E-state index is 0.0535. The number of nitrogens with zero attached hydrogens (tertiary/aromatic N) is 2. The zero-order valence-corrected chi connectivity index (χ0v) is 11.6. The molecule has 1 rings (SSSR count). The van der Waals surface area contributed by atoms with Gasteiger partial charge < -0.3 is 15.0 Å². The number of hydrogen-bond donors (Lipinski definition) is 1. The van der Waals surface area contributed by atoms with Gasteiger partial charge in [0.05, 0.1) is 12.2 Å². The van der Waals surface area contributed by atoms with Gasteiger partial charge in [0.2, 0.25) is 5.91 Å². The van der Waals surface area contributed by atoms with Crippen molar-refractivity contribution in [2.45, 2.75) is 6.42 Å². The lowest BCUT2D eigenvalue weighted by Crippen LogP contribution is -2.36. The van der Waals surface area contributed by atoms with Gasteiger partial charge in [-0.2, -0.15) is 5.26 Å². The van der Waals surface area contributed by atoms with Crippen LogP contribution in [0.4, 0.5) is 10.1 Å². The van der Waals surface area contributed by atoms with Crippen molar-refractivity contribution in [1.82, 2.24) is 5.32 Å². The molecule has 0 unspecified atom stereocenters. The van der Waals surface area contributed by atoms with Gasteiger partial charge in [0, 0.05) is 27.3 Å². The third-order valence-corrected chi connectivity index (χ3v) is 2.74. The maximum atomic E-state index is 13.5. The maximum Gasteiger partial charge on any atom is 0.239 e. The molecule has 0 aliphatic heterocycles. The van der Waals surface area contributed by atoms with Crippen LogP contribution in [0.5, 0.6) is 0 Å². The third-order valence-electron chi connectivity index (χ3n) is 2.74. The number of rotatable bonds is 7. The van der Waals surface area contributed by atoms with Crippen LogP contribution in [0.2, 0.25) is 0 Å². The van der Waals surface area contributed by atoms with Crippen molar-refractivity contribution in [2.24, 2.45) is 0 Å². The Kier molecular flexibility index (Phi) is 6.47. The number of hydrogen-bond acceptors (Lipinski definition) is 4. The van der Waals surface area contributed by atoms with E-state index < -0.39 is 5.82 Å². The van der Waals surface area contributed by atoms with Crippen molar-refractivity contribution in [3.05, 3.63) is 29.6 Å². The van der Waals surface area contributed by atoms with Gasteiger partial charge in [0.15, 0.2) is 0 Å². The smallest absolute Gasteiger partial charge is 0.239 e. The van der Waals surface area contributed by atoms with Crippen LogP contribution in [0, 0.1) is 17.1 Å². The van der Waals surface area contributed by atoms with Gasteiger partial charge in [-0.3, -0.25) is 4.79 Å². The zero-order valence-electron chi connectivity index (χ0n) is 11.6. The molecule has 1 aromatic rings. The van der Waals surface area contributed by atoms with Crippen molar-refractivity contribution in [1.29, 1.82) is 5.26 Å². The molecular weight excluding hydrogens is 261 g/mol. The summed E-state index contributed by atoms with van der Waals surface area (Å²) in [5, 5.41) is 11.7. The second-order valence-corrected chi connectivity index (χ2v) is 4.30. The molecule has 0 heterocycles. The molecule has 0 aliphatic rings. The van der Waals surface area contributed by atoms with E-state index in [4.69, 9.17) is 10.00 Å². The summed E-state index contributed by atoms with van der Waals surface area (Å²) in [4.78, 5) is 13.3. The lowest BCUT2D eigenvalue weighted by atomic mass is 10.1. The monoisotopic (exact) mass is 279 g/mol. The normalized spacial score (nSPS) is 9.90.